The Morgan fingerprint density at radius 3 is 2.46 bits per heavy atom. The zero-order chi connectivity index (χ0) is 24.6. The lowest BCUT2D eigenvalue weighted by atomic mass is 10.0. The zero-order valence-corrected chi connectivity index (χ0v) is 20.9. The van der Waals surface area contributed by atoms with E-state index >= 15 is 0 Å². The lowest BCUT2D eigenvalue weighted by Crippen LogP contribution is -2.49. The molecule has 1 unspecified atom stereocenters. The van der Waals surface area contributed by atoms with Crippen molar-refractivity contribution in [3.05, 3.63) is 65.7 Å². The molecule has 2 aliphatic rings. The molecule has 2 heterocycles. The first-order valence-electron chi connectivity index (χ1n) is 12.6. The molecular formula is C28H37N3O4. The van der Waals surface area contributed by atoms with Crippen molar-refractivity contribution in [3.63, 3.8) is 0 Å². The summed E-state index contributed by atoms with van der Waals surface area (Å²) in [6.07, 6.45) is 2.51. The summed E-state index contributed by atoms with van der Waals surface area (Å²) >= 11 is 0. The Balaban J connectivity index is 1.44. The fourth-order valence-electron chi connectivity index (χ4n) is 5.04. The standard InChI is InChI=1S/C28H37N3O4/c1-22(32)29-15-12-25(13-16-29)31-19-27(35-21-24-9-6-10-26(17-24)34-2)18-30(28(33)20-31)14-11-23-7-4-3-5-8-23/h3-10,17,25,27H,11-16,18-21H2,1-2H3. The maximum atomic E-state index is 13.3. The highest BCUT2D eigenvalue weighted by Crippen LogP contribution is 2.21. The summed E-state index contributed by atoms with van der Waals surface area (Å²) < 4.78 is 11.8. The number of hydrogen-bond donors (Lipinski definition) is 0. The number of likely N-dealkylation sites (tertiary alicyclic amines) is 1. The predicted octanol–water partition coefficient (Wildman–Crippen LogP) is 2.98. The van der Waals surface area contributed by atoms with Crippen LogP contribution in [0, 0.1) is 0 Å². The molecule has 7 heteroatoms. The van der Waals surface area contributed by atoms with E-state index in [2.05, 4.69) is 17.0 Å². The second-order valence-corrected chi connectivity index (χ2v) is 9.53. The molecule has 2 aromatic carbocycles. The van der Waals surface area contributed by atoms with Gasteiger partial charge in [0.05, 0.1) is 26.4 Å². The lowest BCUT2D eigenvalue weighted by molar-refractivity contribution is -0.133. The third-order valence-electron chi connectivity index (χ3n) is 7.11. The average Bonchev–Trinajstić information content (AvgIpc) is 3.05. The number of rotatable bonds is 8. The van der Waals surface area contributed by atoms with E-state index in [9.17, 15) is 9.59 Å². The van der Waals surface area contributed by atoms with Crippen LogP contribution in [0.25, 0.3) is 0 Å². The van der Waals surface area contributed by atoms with Crippen LogP contribution in [0.2, 0.25) is 0 Å². The number of benzene rings is 2. The Kier molecular flexibility index (Phi) is 8.77. The smallest absolute Gasteiger partial charge is 0.236 e. The van der Waals surface area contributed by atoms with Gasteiger partial charge in [0, 0.05) is 45.7 Å². The van der Waals surface area contributed by atoms with Crippen molar-refractivity contribution >= 4 is 11.8 Å². The highest BCUT2D eigenvalue weighted by molar-refractivity contribution is 5.78. The second-order valence-electron chi connectivity index (χ2n) is 9.53. The number of amides is 2. The van der Waals surface area contributed by atoms with E-state index in [1.165, 1.54) is 5.56 Å². The van der Waals surface area contributed by atoms with Gasteiger partial charge in [-0.3, -0.25) is 14.5 Å². The van der Waals surface area contributed by atoms with Crippen LogP contribution < -0.4 is 4.74 Å². The lowest BCUT2D eigenvalue weighted by Gasteiger charge is -2.38. The fourth-order valence-corrected chi connectivity index (χ4v) is 5.04. The van der Waals surface area contributed by atoms with Gasteiger partial charge in [-0.25, -0.2) is 0 Å². The van der Waals surface area contributed by atoms with Gasteiger partial charge in [0.25, 0.3) is 0 Å². The van der Waals surface area contributed by atoms with Gasteiger partial charge < -0.3 is 19.3 Å². The molecule has 0 spiro atoms. The van der Waals surface area contributed by atoms with Gasteiger partial charge in [0.1, 0.15) is 5.75 Å². The molecule has 2 amide bonds. The van der Waals surface area contributed by atoms with Crippen LogP contribution in [0.15, 0.2) is 54.6 Å². The maximum absolute atomic E-state index is 13.3. The summed E-state index contributed by atoms with van der Waals surface area (Å²) in [5, 5.41) is 0. The molecule has 0 N–H and O–H groups in total. The van der Waals surface area contributed by atoms with Crippen LogP contribution in [-0.4, -0.2) is 85.0 Å². The zero-order valence-electron chi connectivity index (χ0n) is 20.9. The Hall–Kier alpha value is -2.90. The molecule has 2 aromatic rings. The maximum Gasteiger partial charge on any atom is 0.236 e. The number of methoxy groups -OCH3 is 1. The predicted molar refractivity (Wildman–Crippen MR) is 135 cm³/mol. The fraction of sp³-hybridized carbons (Fsp3) is 0.500. The molecule has 1 atom stereocenters. The van der Waals surface area contributed by atoms with E-state index in [0.717, 1.165) is 43.7 Å². The Morgan fingerprint density at radius 1 is 1.00 bits per heavy atom. The van der Waals surface area contributed by atoms with Gasteiger partial charge in [0.15, 0.2) is 0 Å². The topological polar surface area (TPSA) is 62.3 Å². The number of carbonyl (C=O) groups is 2. The van der Waals surface area contributed by atoms with Gasteiger partial charge >= 0.3 is 0 Å². The molecule has 0 radical (unpaired) electrons. The molecule has 35 heavy (non-hydrogen) atoms. The summed E-state index contributed by atoms with van der Waals surface area (Å²) in [6.45, 7) is 5.97. The van der Waals surface area contributed by atoms with E-state index in [4.69, 9.17) is 9.47 Å². The molecule has 4 rings (SSSR count). The van der Waals surface area contributed by atoms with Crippen molar-refractivity contribution in [1.82, 2.24) is 14.7 Å². The Morgan fingerprint density at radius 2 is 1.74 bits per heavy atom. The molecule has 0 aliphatic carbocycles. The van der Waals surface area contributed by atoms with Crippen molar-refractivity contribution in [2.24, 2.45) is 0 Å². The number of carbonyl (C=O) groups excluding carboxylic acids is 2. The highest BCUT2D eigenvalue weighted by Gasteiger charge is 2.33. The molecule has 0 bridgehead atoms. The minimum Gasteiger partial charge on any atom is -0.497 e. The van der Waals surface area contributed by atoms with Crippen LogP contribution in [0.5, 0.6) is 5.75 Å². The third-order valence-corrected chi connectivity index (χ3v) is 7.11. The summed E-state index contributed by atoms with van der Waals surface area (Å²) in [5.41, 5.74) is 2.28. The second kappa shape index (κ2) is 12.2. The van der Waals surface area contributed by atoms with Crippen LogP contribution >= 0.6 is 0 Å². The van der Waals surface area contributed by atoms with Crippen molar-refractivity contribution < 1.29 is 19.1 Å². The molecular weight excluding hydrogens is 442 g/mol. The summed E-state index contributed by atoms with van der Waals surface area (Å²) in [6, 6.07) is 18.5. The molecule has 7 nitrogen and oxygen atoms in total. The van der Waals surface area contributed by atoms with Crippen LogP contribution in [0.3, 0.4) is 0 Å². The average molecular weight is 480 g/mol. The first-order valence-corrected chi connectivity index (χ1v) is 12.6. The van der Waals surface area contributed by atoms with Crippen LogP contribution in [-0.2, 0) is 27.4 Å². The summed E-state index contributed by atoms with van der Waals surface area (Å²) in [4.78, 5) is 31.2. The summed E-state index contributed by atoms with van der Waals surface area (Å²) in [5.74, 6) is 1.09. The third kappa shape index (κ3) is 7.05. The minimum atomic E-state index is -0.0886. The first-order chi connectivity index (χ1) is 17.0. The van der Waals surface area contributed by atoms with Crippen LogP contribution in [0.1, 0.15) is 30.9 Å². The molecule has 2 aliphatic heterocycles. The largest absolute Gasteiger partial charge is 0.497 e. The van der Waals surface area contributed by atoms with E-state index in [1.807, 2.05) is 52.3 Å². The molecule has 0 saturated carbocycles. The van der Waals surface area contributed by atoms with Gasteiger partial charge in [-0.05, 0) is 42.5 Å². The van der Waals surface area contributed by atoms with Gasteiger partial charge in [-0.1, -0.05) is 42.5 Å². The first kappa shape index (κ1) is 25.2. The van der Waals surface area contributed by atoms with E-state index in [1.54, 1.807) is 14.0 Å². The van der Waals surface area contributed by atoms with Gasteiger partial charge in [0.2, 0.25) is 11.8 Å². The van der Waals surface area contributed by atoms with Crippen LogP contribution in [0.4, 0.5) is 0 Å². The monoisotopic (exact) mass is 479 g/mol. The number of ether oxygens (including phenoxy) is 2. The van der Waals surface area contributed by atoms with Crippen molar-refractivity contribution in [3.8, 4) is 5.75 Å². The van der Waals surface area contributed by atoms with E-state index in [-0.39, 0.29) is 24.0 Å². The number of piperidine rings is 1. The molecule has 2 fully saturated rings. The highest BCUT2D eigenvalue weighted by atomic mass is 16.5. The molecule has 0 aromatic heterocycles. The van der Waals surface area contributed by atoms with E-state index in [0.29, 0.717) is 32.8 Å². The van der Waals surface area contributed by atoms with Gasteiger partial charge in [-0.15, -0.1) is 0 Å². The van der Waals surface area contributed by atoms with Crippen molar-refractivity contribution in [1.29, 1.82) is 0 Å². The SMILES string of the molecule is COc1cccc(COC2CN(CCc3ccccc3)C(=O)CN(C3CCN(C(C)=O)CC3)C2)c1. The quantitative estimate of drug-likeness (QED) is 0.583. The Labute approximate surface area is 208 Å². The minimum absolute atomic E-state index is 0.0886. The van der Waals surface area contributed by atoms with Gasteiger partial charge in [-0.2, -0.15) is 0 Å². The van der Waals surface area contributed by atoms with Crippen molar-refractivity contribution in [2.75, 3.05) is 46.4 Å². The Bertz CT molecular complexity index is 975. The molecule has 188 valence electrons. The van der Waals surface area contributed by atoms with Crippen molar-refractivity contribution in [2.45, 2.75) is 44.9 Å². The van der Waals surface area contributed by atoms with E-state index < -0.39 is 0 Å². The number of hydrogen-bond acceptors (Lipinski definition) is 5. The molecule has 2 saturated heterocycles. The number of nitrogens with zero attached hydrogens (tertiary/aromatic N) is 3. The normalized spacial score (nSPS) is 20.1. The summed E-state index contributed by atoms with van der Waals surface area (Å²) in [7, 11) is 1.66.